The van der Waals surface area contributed by atoms with Gasteiger partial charge in [-0.15, -0.1) is 0 Å². The number of amides is 4. The fraction of sp³-hybridized carbons (Fsp3) is 0.478. The molecule has 0 aliphatic carbocycles. The van der Waals surface area contributed by atoms with Gasteiger partial charge in [-0.1, -0.05) is 64.1 Å². The number of carbonyl (C=O) groups is 4. The topological polar surface area (TPSA) is 142 Å². The molecule has 3 aromatic rings. The average Bonchev–Trinajstić information content (AvgIpc) is 4.03. The second-order valence-electron chi connectivity index (χ2n) is 16.6. The Morgan fingerprint density at radius 3 is 1.36 bits per heavy atom. The first-order valence-electron chi connectivity index (χ1n) is 20.6. The maximum absolute atomic E-state index is 13.8. The lowest BCUT2D eigenvalue weighted by molar-refractivity contribution is -0.138. The Kier molecular flexibility index (Phi) is 12.5. The average molecular weight is 789 g/mol. The van der Waals surface area contributed by atoms with E-state index in [2.05, 4.69) is 71.3 Å². The number of nitrogens with zero attached hydrogens (tertiary/aromatic N) is 4. The molecule has 3 aromatic carbocycles. The molecule has 4 amide bonds. The zero-order valence-electron chi connectivity index (χ0n) is 34.5. The summed E-state index contributed by atoms with van der Waals surface area (Å²) in [5.74, 6) is -0.832. The molecule has 0 radical (unpaired) electrons. The van der Waals surface area contributed by atoms with E-state index in [9.17, 15) is 19.2 Å². The third kappa shape index (κ3) is 8.63. The quantitative estimate of drug-likeness (QED) is 0.211. The van der Waals surface area contributed by atoms with Gasteiger partial charge >= 0.3 is 0 Å². The van der Waals surface area contributed by atoms with Crippen LogP contribution in [0.15, 0.2) is 70.6 Å². The number of nitrogens with one attached hydrogen (secondary N) is 2. The number of aliphatic imine (C=N–C) groups is 2. The minimum atomic E-state index is -0.614. The molecule has 0 spiro atoms. The van der Waals surface area contributed by atoms with Gasteiger partial charge in [0.25, 0.3) is 0 Å². The smallest absolute Gasteiger partial charge is 0.246 e. The summed E-state index contributed by atoms with van der Waals surface area (Å²) in [5, 5.41) is 5.76. The van der Waals surface area contributed by atoms with Crippen LogP contribution in [0, 0.1) is 11.8 Å². The Morgan fingerprint density at radius 1 is 0.621 bits per heavy atom. The van der Waals surface area contributed by atoms with Gasteiger partial charge in [-0.3, -0.25) is 29.2 Å². The maximum atomic E-state index is 13.8. The van der Waals surface area contributed by atoms with E-state index in [0.717, 1.165) is 81.9 Å². The van der Waals surface area contributed by atoms with Gasteiger partial charge in [0, 0.05) is 51.6 Å². The predicted molar refractivity (Wildman–Crippen MR) is 226 cm³/mol. The van der Waals surface area contributed by atoms with Crippen molar-refractivity contribution in [2.45, 2.75) is 90.4 Å². The highest BCUT2D eigenvalue weighted by Gasteiger charge is 2.40. The Labute approximate surface area is 341 Å². The van der Waals surface area contributed by atoms with Gasteiger partial charge in [-0.05, 0) is 95.2 Å². The van der Waals surface area contributed by atoms with Crippen molar-refractivity contribution >= 4 is 46.4 Å². The molecule has 58 heavy (non-hydrogen) atoms. The van der Waals surface area contributed by atoms with Crippen molar-refractivity contribution in [3.8, 4) is 22.3 Å². The number of methoxy groups -OCH3 is 2. The number of fused-ring (bicyclic) bond motifs is 2. The lowest BCUT2D eigenvalue weighted by Crippen LogP contribution is -2.54. The van der Waals surface area contributed by atoms with Crippen molar-refractivity contribution in [1.29, 1.82) is 0 Å². The molecule has 2 N–H and O–H groups in total. The van der Waals surface area contributed by atoms with Crippen LogP contribution in [0.2, 0.25) is 0 Å². The molecule has 0 aromatic heterocycles. The van der Waals surface area contributed by atoms with Crippen molar-refractivity contribution in [1.82, 2.24) is 20.4 Å². The van der Waals surface area contributed by atoms with Crippen LogP contribution in [-0.4, -0.2) is 110 Å². The second-order valence-corrected chi connectivity index (χ2v) is 16.6. The highest BCUT2D eigenvalue weighted by Crippen LogP contribution is 2.38. The molecule has 4 atom stereocenters. The molecule has 0 bridgehead atoms. The molecule has 7 rings (SSSR count). The number of rotatable bonds is 14. The molecular weight excluding hydrogens is 733 g/mol. The van der Waals surface area contributed by atoms with E-state index in [0.29, 0.717) is 25.9 Å². The molecule has 306 valence electrons. The summed E-state index contributed by atoms with van der Waals surface area (Å²) in [7, 11) is 2.94. The summed E-state index contributed by atoms with van der Waals surface area (Å²) in [4.78, 5) is 66.0. The number of hydrogen-bond donors (Lipinski definition) is 2. The summed E-state index contributed by atoms with van der Waals surface area (Å²) in [6, 6.07) is 20.0. The molecule has 2 saturated heterocycles. The summed E-state index contributed by atoms with van der Waals surface area (Å²) in [6.45, 7) is 8.93. The zero-order chi connectivity index (χ0) is 41.1. The van der Waals surface area contributed by atoms with Crippen LogP contribution in [0.3, 0.4) is 0 Å². The van der Waals surface area contributed by atoms with Gasteiger partial charge < -0.3 is 29.9 Å². The minimum absolute atomic E-state index is 0.0599. The molecule has 4 aliphatic rings. The Balaban J connectivity index is 0.991. The van der Waals surface area contributed by atoms with Crippen LogP contribution in [0.4, 0.5) is 11.4 Å². The van der Waals surface area contributed by atoms with Crippen molar-refractivity contribution in [2.24, 2.45) is 21.8 Å². The highest BCUT2D eigenvalue weighted by atomic mass is 16.5. The Bertz CT molecular complexity index is 1960. The monoisotopic (exact) mass is 788 g/mol. The largest absolute Gasteiger partial charge is 0.375 e. The van der Waals surface area contributed by atoms with Crippen LogP contribution in [-0.2, 0) is 41.5 Å². The first kappa shape index (κ1) is 41.0. The van der Waals surface area contributed by atoms with E-state index < -0.39 is 12.1 Å². The van der Waals surface area contributed by atoms with Gasteiger partial charge in [0.1, 0.15) is 25.3 Å². The molecule has 12 nitrogen and oxygen atoms in total. The molecule has 12 heteroatoms. The molecular formula is C46H56N6O6. The lowest BCUT2D eigenvalue weighted by Gasteiger charge is -2.31. The minimum Gasteiger partial charge on any atom is -0.375 e. The summed E-state index contributed by atoms with van der Waals surface area (Å²) >= 11 is 0. The van der Waals surface area contributed by atoms with Crippen LogP contribution < -0.4 is 10.6 Å². The molecule has 0 unspecified atom stereocenters. The normalized spacial score (nSPS) is 19.5. The predicted octanol–water partition coefficient (Wildman–Crippen LogP) is 5.83. The fourth-order valence-corrected chi connectivity index (χ4v) is 8.88. The van der Waals surface area contributed by atoms with E-state index in [1.54, 1.807) is 0 Å². The van der Waals surface area contributed by atoms with Crippen molar-refractivity contribution < 1.29 is 28.7 Å². The fourth-order valence-electron chi connectivity index (χ4n) is 8.88. The van der Waals surface area contributed by atoms with E-state index >= 15 is 0 Å². The highest BCUT2D eigenvalue weighted by molar-refractivity contribution is 6.02. The standard InChI is InChI=1S/C46H56N6O6/c1-27(2)43(49-41(53)25-57-5)45(55)51-19-7-9-39(51)37-23-33-21-31(15-17-35(33)47-37)29-11-13-30(14-12-29)32-16-18-36-34(22-32)24-38(48-36)40-10-8-20-52(40)46(56)44(28(3)4)50-42(54)26-58-6/h11-18,21-22,27-28,39-40,43-44H,7-10,19-20,23-26H2,1-6H3,(H,49,53)(H,50,54)/t39-,40-,43-,44-/m0/s1. The van der Waals surface area contributed by atoms with Crippen LogP contribution in [0.1, 0.15) is 64.5 Å². The third-order valence-corrected chi connectivity index (χ3v) is 11.9. The van der Waals surface area contributed by atoms with E-state index in [1.807, 2.05) is 37.5 Å². The van der Waals surface area contributed by atoms with Gasteiger partial charge in [-0.2, -0.15) is 0 Å². The van der Waals surface area contributed by atoms with Crippen molar-refractivity contribution in [3.05, 3.63) is 71.8 Å². The Morgan fingerprint density at radius 2 is 1.00 bits per heavy atom. The van der Waals surface area contributed by atoms with Crippen molar-refractivity contribution in [2.75, 3.05) is 40.5 Å². The number of carbonyl (C=O) groups excluding carboxylic acids is 4. The molecule has 2 fully saturated rings. The van der Waals surface area contributed by atoms with Crippen LogP contribution in [0.5, 0.6) is 0 Å². The SMILES string of the molecule is COCC(=O)N[C@H](C(=O)N1CCC[C@H]1C1=Nc2ccc(-c3ccc(-c4ccc5c(c4)CC([C@@H]4CCCN4C(=O)[C@@H](NC(=O)COC)C(C)C)=N5)cc3)cc2C1)C(C)C. The molecule has 4 heterocycles. The number of likely N-dealkylation sites (tertiary alicyclic amines) is 2. The van der Waals surface area contributed by atoms with E-state index in [4.69, 9.17) is 19.5 Å². The maximum Gasteiger partial charge on any atom is 0.246 e. The van der Waals surface area contributed by atoms with Gasteiger partial charge in [0.05, 0.1) is 23.5 Å². The first-order chi connectivity index (χ1) is 27.9. The first-order valence-corrected chi connectivity index (χ1v) is 20.6. The second kappa shape index (κ2) is 17.7. The Hall–Kier alpha value is -5.20. The number of hydrogen-bond acceptors (Lipinski definition) is 8. The number of benzene rings is 3. The molecule has 4 aliphatic heterocycles. The van der Waals surface area contributed by atoms with Crippen LogP contribution >= 0.6 is 0 Å². The third-order valence-electron chi connectivity index (χ3n) is 11.9. The molecule has 0 saturated carbocycles. The van der Waals surface area contributed by atoms with Crippen LogP contribution in [0.25, 0.3) is 22.3 Å². The van der Waals surface area contributed by atoms with Gasteiger partial charge in [-0.25, -0.2) is 0 Å². The number of ether oxygens (including phenoxy) is 2. The van der Waals surface area contributed by atoms with Gasteiger partial charge in [0.2, 0.25) is 23.6 Å². The summed E-state index contributed by atoms with van der Waals surface area (Å²) in [6.07, 6.45) is 4.88. The summed E-state index contributed by atoms with van der Waals surface area (Å²) in [5.41, 5.74) is 10.6. The summed E-state index contributed by atoms with van der Waals surface area (Å²) < 4.78 is 9.96. The van der Waals surface area contributed by atoms with E-state index in [1.165, 1.54) is 14.2 Å². The van der Waals surface area contributed by atoms with E-state index in [-0.39, 0.29) is 60.8 Å². The zero-order valence-corrected chi connectivity index (χ0v) is 34.5. The van der Waals surface area contributed by atoms with Crippen molar-refractivity contribution in [3.63, 3.8) is 0 Å². The lowest BCUT2D eigenvalue weighted by atomic mass is 9.95. The van der Waals surface area contributed by atoms with Gasteiger partial charge in [0.15, 0.2) is 0 Å².